The molecule has 1 aromatic carbocycles. The summed E-state index contributed by atoms with van der Waals surface area (Å²) < 4.78 is 14.3. The summed E-state index contributed by atoms with van der Waals surface area (Å²) in [5.74, 6) is -0.303. The Hall–Kier alpha value is -0.0900. The van der Waals surface area contributed by atoms with Crippen molar-refractivity contribution in [3.8, 4) is 0 Å². The Balaban J connectivity index is 2.39. The molecule has 84 valence electrons. The van der Waals surface area contributed by atoms with Crippen LogP contribution in [0, 0.1) is 5.82 Å². The lowest BCUT2D eigenvalue weighted by molar-refractivity contribution is 0.613. The van der Waals surface area contributed by atoms with E-state index in [4.69, 9.17) is 23.2 Å². The largest absolute Gasteiger partial charge is 0.207 e. The van der Waals surface area contributed by atoms with Crippen LogP contribution in [0.1, 0.15) is 15.8 Å². The molecular weight excluding hydrogens is 334 g/mol. The summed E-state index contributed by atoms with van der Waals surface area (Å²) >= 11 is 16.8. The van der Waals surface area contributed by atoms with E-state index in [1.165, 1.54) is 17.4 Å². The Morgan fingerprint density at radius 2 is 2.00 bits per heavy atom. The number of hydrogen-bond acceptors (Lipinski definition) is 1. The van der Waals surface area contributed by atoms with E-state index in [1.54, 1.807) is 24.3 Å². The van der Waals surface area contributed by atoms with Gasteiger partial charge in [-0.3, -0.25) is 0 Å². The maximum Gasteiger partial charge on any atom is 0.128 e. The van der Waals surface area contributed by atoms with Gasteiger partial charge in [0.15, 0.2) is 0 Å². The SMILES string of the molecule is Fc1ccccc1C(Cl)c1cc(Cl)c(Br)s1. The normalized spacial score (nSPS) is 12.8. The fourth-order valence-corrected chi connectivity index (χ4v) is 3.44. The van der Waals surface area contributed by atoms with Crippen molar-refractivity contribution >= 4 is 50.5 Å². The standard InChI is InChI=1S/C11H6BrCl2FS/c12-11-7(13)5-9(16-11)10(14)6-3-1-2-4-8(6)15/h1-5,10H. The van der Waals surface area contributed by atoms with Gasteiger partial charge < -0.3 is 0 Å². The van der Waals surface area contributed by atoms with E-state index in [2.05, 4.69) is 15.9 Å². The monoisotopic (exact) mass is 338 g/mol. The molecule has 0 aliphatic rings. The fourth-order valence-electron chi connectivity index (χ4n) is 1.32. The van der Waals surface area contributed by atoms with Crippen LogP contribution in [0.5, 0.6) is 0 Å². The third kappa shape index (κ3) is 2.43. The molecule has 0 radical (unpaired) electrons. The van der Waals surface area contributed by atoms with Gasteiger partial charge in [0.2, 0.25) is 0 Å². The maximum absolute atomic E-state index is 13.5. The minimum absolute atomic E-state index is 0.303. The number of thiophene rings is 1. The zero-order chi connectivity index (χ0) is 11.7. The van der Waals surface area contributed by atoms with Gasteiger partial charge in [-0.15, -0.1) is 22.9 Å². The van der Waals surface area contributed by atoms with E-state index in [9.17, 15) is 4.39 Å². The first-order valence-corrected chi connectivity index (χ1v) is 6.85. The van der Waals surface area contributed by atoms with E-state index in [0.29, 0.717) is 10.6 Å². The molecule has 0 aliphatic carbocycles. The highest BCUT2D eigenvalue weighted by atomic mass is 79.9. The maximum atomic E-state index is 13.5. The molecule has 2 aromatic rings. The summed E-state index contributed by atoms with van der Waals surface area (Å²) in [6.07, 6.45) is 0. The van der Waals surface area contributed by atoms with E-state index >= 15 is 0 Å². The molecule has 0 amide bonds. The van der Waals surface area contributed by atoms with Gasteiger partial charge in [0.05, 0.1) is 14.2 Å². The number of halogens is 4. The summed E-state index contributed by atoms with van der Waals surface area (Å²) in [7, 11) is 0. The Morgan fingerprint density at radius 1 is 1.31 bits per heavy atom. The van der Waals surface area contributed by atoms with Crippen LogP contribution in [0.3, 0.4) is 0 Å². The molecular formula is C11H6BrCl2FS. The highest BCUT2D eigenvalue weighted by Gasteiger charge is 2.18. The first-order valence-electron chi connectivity index (χ1n) is 4.43. The molecule has 0 bridgehead atoms. The second kappa shape index (κ2) is 5.05. The van der Waals surface area contributed by atoms with Crippen LogP contribution < -0.4 is 0 Å². The second-order valence-electron chi connectivity index (χ2n) is 3.15. The van der Waals surface area contributed by atoms with E-state index in [1.807, 2.05) is 0 Å². The Morgan fingerprint density at radius 3 is 2.56 bits per heavy atom. The van der Waals surface area contributed by atoms with Gasteiger partial charge in [-0.1, -0.05) is 29.8 Å². The van der Waals surface area contributed by atoms with Crippen LogP contribution >= 0.6 is 50.5 Å². The molecule has 16 heavy (non-hydrogen) atoms. The molecule has 1 heterocycles. The van der Waals surface area contributed by atoms with E-state index in [-0.39, 0.29) is 5.82 Å². The molecule has 0 nitrogen and oxygen atoms in total. The van der Waals surface area contributed by atoms with Crippen LogP contribution in [-0.2, 0) is 0 Å². The van der Waals surface area contributed by atoms with Crippen LogP contribution in [0.2, 0.25) is 5.02 Å². The van der Waals surface area contributed by atoms with Crippen LogP contribution in [-0.4, -0.2) is 0 Å². The topological polar surface area (TPSA) is 0 Å². The summed E-state index contributed by atoms with van der Waals surface area (Å²) in [6, 6.07) is 8.22. The molecule has 1 aromatic heterocycles. The van der Waals surface area contributed by atoms with Gasteiger partial charge in [0, 0.05) is 10.4 Å². The van der Waals surface area contributed by atoms with Crippen molar-refractivity contribution in [1.29, 1.82) is 0 Å². The van der Waals surface area contributed by atoms with Crippen molar-refractivity contribution in [2.24, 2.45) is 0 Å². The van der Waals surface area contributed by atoms with Gasteiger partial charge in [0.25, 0.3) is 0 Å². The zero-order valence-electron chi connectivity index (χ0n) is 7.88. The van der Waals surface area contributed by atoms with E-state index < -0.39 is 5.38 Å². The number of hydrogen-bond donors (Lipinski definition) is 0. The first-order chi connectivity index (χ1) is 7.59. The van der Waals surface area contributed by atoms with Crippen LogP contribution in [0.15, 0.2) is 34.1 Å². The van der Waals surface area contributed by atoms with Gasteiger partial charge in [-0.05, 0) is 28.1 Å². The third-order valence-corrected chi connectivity index (χ3v) is 5.23. The van der Waals surface area contributed by atoms with E-state index in [0.717, 1.165) is 8.66 Å². The molecule has 0 saturated carbocycles. The van der Waals surface area contributed by atoms with Gasteiger partial charge >= 0.3 is 0 Å². The van der Waals surface area contributed by atoms with Crippen molar-refractivity contribution in [3.63, 3.8) is 0 Å². The lowest BCUT2D eigenvalue weighted by atomic mass is 10.1. The van der Waals surface area contributed by atoms with Crippen LogP contribution in [0.25, 0.3) is 0 Å². The highest BCUT2D eigenvalue weighted by molar-refractivity contribution is 9.11. The summed E-state index contributed by atoms with van der Waals surface area (Å²) in [6.45, 7) is 0. The average molecular weight is 340 g/mol. The molecule has 0 N–H and O–H groups in total. The predicted octanol–water partition coefficient (Wildman–Crippen LogP) is 5.63. The Kier molecular flexibility index (Phi) is 3.90. The summed E-state index contributed by atoms with van der Waals surface area (Å²) in [4.78, 5) is 0.823. The lowest BCUT2D eigenvalue weighted by Crippen LogP contribution is -1.93. The van der Waals surface area contributed by atoms with Crippen molar-refractivity contribution in [1.82, 2.24) is 0 Å². The molecule has 0 fully saturated rings. The van der Waals surface area contributed by atoms with Gasteiger partial charge in [-0.25, -0.2) is 4.39 Å². The minimum Gasteiger partial charge on any atom is -0.207 e. The third-order valence-electron chi connectivity index (χ3n) is 2.09. The molecule has 1 atom stereocenters. The predicted molar refractivity (Wildman–Crippen MR) is 71.1 cm³/mol. The van der Waals surface area contributed by atoms with Gasteiger partial charge in [0.1, 0.15) is 5.82 Å². The molecule has 0 spiro atoms. The molecule has 0 aliphatic heterocycles. The number of rotatable bonds is 2. The molecule has 1 unspecified atom stereocenters. The zero-order valence-corrected chi connectivity index (χ0v) is 11.8. The summed E-state index contributed by atoms with van der Waals surface area (Å²) in [5.41, 5.74) is 0.467. The highest BCUT2D eigenvalue weighted by Crippen LogP contribution is 2.40. The lowest BCUT2D eigenvalue weighted by Gasteiger charge is -2.08. The fraction of sp³-hybridized carbons (Fsp3) is 0.0909. The van der Waals surface area contributed by atoms with Crippen LogP contribution in [0.4, 0.5) is 4.39 Å². The van der Waals surface area contributed by atoms with Crippen molar-refractivity contribution in [2.75, 3.05) is 0 Å². The number of benzene rings is 1. The quantitative estimate of drug-likeness (QED) is 0.622. The van der Waals surface area contributed by atoms with Crippen molar-refractivity contribution < 1.29 is 4.39 Å². The Labute approximate surface area is 115 Å². The smallest absolute Gasteiger partial charge is 0.128 e. The van der Waals surface area contributed by atoms with Crippen molar-refractivity contribution in [3.05, 3.63) is 55.4 Å². The average Bonchev–Trinajstić information content (AvgIpc) is 2.59. The molecule has 2 rings (SSSR count). The number of alkyl halides is 1. The first kappa shape index (κ1) is 12.4. The Bertz CT molecular complexity index is 493. The molecule has 5 heteroatoms. The second-order valence-corrected chi connectivity index (χ2v) is 6.40. The summed E-state index contributed by atoms with van der Waals surface area (Å²) in [5, 5.41) is 0.0944. The molecule has 0 saturated heterocycles. The minimum atomic E-state index is -0.505. The van der Waals surface area contributed by atoms with Crippen molar-refractivity contribution in [2.45, 2.75) is 5.38 Å². The van der Waals surface area contributed by atoms with Gasteiger partial charge in [-0.2, -0.15) is 0 Å².